The number of nitrogens with zero attached hydrogens (tertiary/aromatic N) is 2. The summed E-state index contributed by atoms with van der Waals surface area (Å²) >= 11 is 0. The van der Waals surface area contributed by atoms with Gasteiger partial charge in [-0.2, -0.15) is 0 Å². The fourth-order valence-corrected chi connectivity index (χ4v) is 1.19. The Morgan fingerprint density at radius 1 is 1.47 bits per heavy atom. The van der Waals surface area contributed by atoms with Crippen molar-refractivity contribution in [1.29, 1.82) is 0 Å². The van der Waals surface area contributed by atoms with Crippen molar-refractivity contribution < 1.29 is 64.3 Å². The molecule has 0 aliphatic rings. The standard InChI is InChI=1S/C9H19N3O4.Ac/c1-7(11-16)12(6-13)5-3-2-4-8(10)9(14)15;/h8,13,16H,2-6,10H2,1H3,(H,14,15);/b11-7+;/t8-;/m0./s1. The second-order valence-corrected chi connectivity index (χ2v) is 3.49. The third-order valence-corrected chi connectivity index (χ3v) is 2.28. The summed E-state index contributed by atoms with van der Waals surface area (Å²) in [4.78, 5) is 11.9. The summed E-state index contributed by atoms with van der Waals surface area (Å²) in [6.45, 7) is 1.83. The van der Waals surface area contributed by atoms with Crippen LogP contribution in [0.3, 0.4) is 0 Å². The Morgan fingerprint density at radius 2 is 2.06 bits per heavy atom. The van der Waals surface area contributed by atoms with Crippen molar-refractivity contribution in [3.05, 3.63) is 0 Å². The smallest absolute Gasteiger partial charge is 0.320 e. The number of rotatable bonds is 7. The Hall–Kier alpha value is 0.102. The van der Waals surface area contributed by atoms with Gasteiger partial charge in [0.25, 0.3) is 0 Å². The van der Waals surface area contributed by atoms with Crippen molar-refractivity contribution >= 4 is 11.8 Å². The average Bonchev–Trinajstić information content (AvgIpc) is 2.27. The quantitative estimate of drug-likeness (QED) is 0.103. The number of oxime groups is 1. The number of carboxylic acid groups (broad SMARTS) is 1. The van der Waals surface area contributed by atoms with E-state index in [9.17, 15) is 4.79 Å². The number of unbranched alkanes of at least 4 members (excludes halogenated alkanes) is 1. The third-order valence-electron chi connectivity index (χ3n) is 2.28. The Bertz CT molecular complexity index is 250. The maximum absolute atomic E-state index is 10.4. The minimum absolute atomic E-state index is 0. The number of aliphatic carboxylic acids is 1. The summed E-state index contributed by atoms with van der Waals surface area (Å²) in [7, 11) is 0. The molecular weight excluding hydrogens is 441 g/mol. The average molecular weight is 460 g/mol. The molecule has 0 bridgehead atoms. The maximum Gasteiger partial charge on any atom is 0.320 e. The summed E-state index contributed by atoms with van der Waals surface area (Å²) in [5.41, 5.74) is 5.33. The molecule has 1 radical (unpaired) electrons. The molecule has 17 heavy (non-hydrogen) atoms. The van der Waals surface area contributed by atoms with Crippen molar-refractivity contribution in [1.82, 2.24) is 4.90 Å². The van der Waals surface area contributed by atoms with Crippen molar-refractivity contribution in [2.45, 2.75) is 32.2 Å². The molecule has 0 amide bonds. The van der Waals surface area contributed by atoms with E-state index in [1.165, 1.54) is 4.90 Å². The molecule has 5 N–H and O–H groups in total. The summed E-state index contributed by atoms with van der Waals surface area (Å²) in [6.07, 6.45) is 1.71. The van der Waals surface area contributed by atoms with Crippen molar-refractivity contribution in [3.63, 3.8) is 0 Å². The molecule has 0 heterocycles. The van der Waals surface area contributed by atoms with E-state index in [4.69, 9.17) is 21.2 Å². The van der Waals surface area contributed by atoms with Crippen LogP contribution in [0.1, 0.15) is 26.2 Å². The molecule has 0 aromatic rings. The second kappa shape index (κ2) is 11.2. The van der Waals surface area contributed by atoms with Gasteiger partial charge in [0, 0.05) is 50.6 Å². The number of carbonyl (C=O) groups is 1. The predicted octanol–water partition coefficient (Wildman–Crippen LogP) is -0.372. The van der Waals surface area contributed by atoms with Gasteiger partial charge in [0.15, 0.2) is 0 Å². The number of aliphatic hydroxyl groups is 1. The van der Waals surface area contributed by atoms with Gasteiger partial charge in [-0.15, -0.1) is 0 Å². The molecule has 0 aliphatic heterocycles. The Kier molecular flexibility index (Phi) is 12.8. The van der Waals surface area contributed by atoms with Crippen LogP contribution in [0.25, 0.3) is 0 Å². The number of amidine groups is 1. The largest absolute Gasteiger partial charge is 0.480 e. The first-order valence-corrected chi connectivity index (χ1v) is 5.05. The van der Waals surface area contributed by atoms with E-state index in [1.54, 1.807) is 6.92 Å². The van der Waals surface area contributed by atoms with Gasteiger partial charge in [0.2, 0.25) is 0 Å². The first-order valence-electron chi connectivity index (χ1n) is 5.05. The van der Waals surface area contributed by atoms with Crippen molar-refractivity contribution in [3.8, 4) is 0 Å². The summed E-state index contributed by atoms with van der Waals surface area (Å²) in [5, 5.41) is 28.9. The topological polar surface area (TPSA) is 119 Å². The number of hydrogen-bond donors (Lipinski definition) is 4. The van der Waals surface area contributed by atoms with Gasteiger partial charge in [-0.1, -0.05) is 5.16 Å². The first-order chi connectivity index (χ1) is 7.52. The van der Waals surface area contributed by atoms with Crippen LogP contribution in [0, 0.1) is 44.1 Å². The van der Waals surface area contributed by atoms with Crippen LogP contribution >= 0.6 is 0 Å². The molecule has 8 heteroatoms. The van der Waals surface area contributed by atoms with Gasteiger partial charge in [-0.25, -0.2) is 0 Å². The summed E-state index contributed by atoms with van der Waals surface area (Å²) in [5.74, 6) is -0.683. The minimum Gasteiger partial charge on any atom is -0.480 e. The van der Waals surface area contributed by atoms with E-state index in [2.05, 4.69) is 5.16 Å². The van der Waals surface area contributed by atoms with Crippen LogP contribution in [-0.2, 0) is 4.79 Å². The number of carboxylic acids is 1. The maximum atomic E-state index is 10.4. The van der Waals surface area contributed by atoms with E-state index in [1.807, 2.05) is 0 Å². The van der Waals surface area contributed by atoms with Crippen LogP contribution in [0.5, 0.6) is 0 Å². The van der Waals surface area contributed by atoms with Crippen LogP contribution in [-0.4, -0.2) is 51.4 Å². The van der Waals surface area contributed by atoms with Crippen molar-refractivity contribution in [2.75, 3.05) is 13.3 Å². The molecule has 97 valence electrons. The molecule has 0 aromatic carbocycles. The SMILES string of the molecule is C/C(=N\O)N(CO)CCCC[C@H](N)C(=O)O.[Ac]. The first kappa shape index (κ1) is 19.4. The molecule has 0 fully saturated rings. The van der Waals surface area contributed by atoms with E-state index >= 15 is 0 Å². The molecular formula is C9H19AcN3O4. The van der Waals surface area contributed by atoms with Gasteiger partial charge in [0.1, 0.15) is 18.6 Å². The predicted molar refractivity (Wildman–Crippen MR) is 58.1 cm³/mol. The monoisotopic (exact) mass is 460 g/mol. The molecule has 1 atom stereocenters. The number of hydrogen-bond acceptors (Lipinski definition) is 5. The van der Waals surface area contributed by atoms with E-state index in [-0.39, 0.29) is 50.8 Å². The van der Waals surface area contributed by atoms with E-state index in [0.29, 0.717) is 31.6 Å². The molecule has 0 saturated carbocycles. The molecule has 7 nitrogen and oxygen atoms in total. The van der Waals surface area contributed by atoms with Crippen LogP contribution in [0.2, 0.25) is 0 Å². The van der Waals surface area contributed by atoms with Crippen LogP contribution in [0.15, 0.2) is 5.16 Å². The summed E-state index contributed by atoms with van der Waals surface area (Å²) in [6, 6.07) is -0.838. The number of aliphatic hydroxyl groups excluding tert-OH is 1. The molecule has 0 saturated heterocycles. The van der Waals surface area contributed by atoms with Gasteiger partial charge < -0.3 is 26.1 Å². The molecule has 0 aliphatic carbocycles. The third kappa shape index (κ3) is 8.78. The Balaban J connectivity index is 0. The van der Waals surface area contributed by atoms with Crippen molar-refractivity contribution in [2.24, 2.45) is 10.9 Å². The fourth-order valence-electron chi connectivity index (χ4n) is 1.19. The molecule has 0 aromatic heterocycles. The van der Waals surface area contributed by atoms with Gasteiger partial charge >= 0.3 is 5.97 Å². The Morgan fingerprint density at radius 3 is 2.47 bits per heavy atom. The minimum atomic E-state index is -1.01. The molecule has 0 rings (SSSR count). The zero-order chi connectivity index (χ0) is 12.6. The second-order valence-electron chi connectivity index (χ2n) is 3.49. The van der Waals surface area contributed by atoms with E-state index < -0.39 is 12.0 Å². The van der Waals surface area contributed by atoms with E-state index in [0.717, 1.165) is 0 Å². The zero-order valence-corrected chi connectivity index (χ0v) is 14.7. The van der Waals surface area contributed by atoms with Crippen LogP contribution in [0.4, 0.5) is 0 Å². The fraction of sp³-hybridized carbons (Fsp3) is 0.778. The van der Waals surface area contributed by atoms with Gasteiger partial charge in [-0.3, -0.25) is 4.79 Å². The number of nitrogens with two attached hydrogens (primary N) is 1. The van der Waals surface area contributed by atoms with Gasteiger partial charge in [0.05, 0.1) is 0 Å². The molecule has 0 unspecified atom stereocenters. The van der Waals surface area contributed by atoms with Crippen LogP contribution < -0.4 is 5.73 Å². The molecule has 0 spiro atoms. The zero-order valence-electron chi connectivity index (χ0n) is 9.91. The normalized spacial score (nSPS) is 12.8. The Labute approximate surface area is 136 Å². The van der Waals surface area contributed by atoms with Gasteiger partial charge in [-0.05, 0) is 26.2 Å². The summed E-state index contributed by atoms with van der Waals surface area (Å²) < 4.78 is 0.